The molecule has 176 valence electrons. The highest BCUT2D eigenvalue weighted by Crippen LogP contribution is 2.31. The molecule has 0 atom stereocenters. The van der Waals surface area contributed by atoms with Gasteiger partial charge in [0.05, 0.1) is 10.7 Å². The van der Waals surface area contributed by atoms with Gasteiger partial charge in [-0.2, -0.15) is 0 Å². The van der Waals surface area contributed by atoms with Gasteiger partial charge in [-0.3, -0.25) is 13.9 Å². The predicted molar refractivity (Wildman–Crippen MR) is 134 cm³/mol. The molecule has 1 saturated heterocycles. The third kappa shape index (κ3) is 4.78. The fraction of sp³-hybridized carbons (Fsp3) is 0.200. The van der Waals surface area contributed by atoms with Crippen molar-refractivity contribution in [3.05, 3.63) is 83.4 Å². The van der Waals surface area contributed by atoms with Crippen LogP contribution < -0.4 is 14.5 Å². The molecule has 0 radical (unpaired) electrons. The topological polar surface area (TPSA) is 86.8 Å². The zero-order chi connectivity index (χ0) is 24.3. The Morgan fingerprint density at radius 1 is 1.06 bits per heavy atom. The first-order chi connectivity index (χ1) is 16.3. The lowest BCUT2D eigenvalue weighted by molar-refractivity contribution is -0.117. The van der Waals surface area contributed by atoms with Crippen molar-refractivity contribution >= 4 is 50.5 Å². The Bertz CT molecular complexity index is 1310. The molecule has 3 aromatic rings. The Kier molecular flexibility index (Phi) is 6.90. The van der Waals surface area contributed by atoms with Crippen LogP contribution in [0.5, 0.6) is 0 Å². The summed E-state index contributed by atoms with van der Waals surface area (Å²) in [5, 5.41) is 2.79. The molecule has 1 N–H and O–H groups in total. The zero-order valence-corrected chi connectivity index (χ0v) is 20.1. The number of sulfonamides is 1. The fourth-order valence-electron chi connectivity index (χ4n) is 3.90. The van der Waals surface area contributed by atoms with Crippen LogP contribution in [0.3, 0.4) is 0 Å². The highest BCUT2D eigenvalue weighted by molar-refractivity contribution is 7.93. The minimum Gasteiger partial charge on any atom is -0.322 e. The Balaban J connectivity index is 1.56. The van der Waals surface area contributed by atoms with Crippen molar-refractivity contribution in [2.75, 3.05) is 27.6 Å². The molecule has 1 aliphatic rings. The first-order valence-electron chi connectivity index (χ1n) is 10.9. The van der Waals surface area contributed by atoms with Gasteiger partial charge in [-0.05, 0) is 67.9 Å². The molecule has 3 aromatic carbocycles. The van der Waals surface area contributed by atoms with Crippen LogP contribution in [0.4, 0.5) is 17.1 Å². The monoisotopic (exact) mass is 497 g/mol. The van der Waals surface area contributed by atoms with E-state index >= 15 is 0 Å². The number of hydrogen-bond acceptors (Lipinski definition) is 4. The second-order valence-corrected chi connectivity index (χ2v) is 10.0. The third-order valence-electron chi connectivity index (χ3n) is 5.60. The van der Waals surface area contributed by atoms with Gasteiger partial charge in [0, 0.05) is 36.4 Å². The SMILES string of the molecule is CCN(c1ccccc1)S(=O)(=O)c1cc(NC(=O)c2ccc(N3CCCC3=O)cc2)ccc1Cl. The Hall–Kier alpha value is -3.36. The van der Waals surface area contributed by atoms with Crippen LogP contribution in [-0.2, 0) is 14.8 Å². The Labute approximate surface area is 204 Å². The van der Waals surface area contributed by atoms with E-state index in [4.69, 9.17) is 11.6 Å². The number of rotatable bonds is 7. The summed E-state index contributed by atoms with van der Waals surface area (Å²) in [4.78, 5) is 26.3. The van der Waals surface area contributed by atoms with Gasteiger partial charge in [0.25, 0.3) is 15.9 Å². The van der Waals surface area contributed by atoms with Crippen molar-refractivity contribution in [2.45, 2.75) is 24.7 Å². The van der Waals surface area contributed by atoms with Crippen molar-refractivity contribution in [2.24, 2.45) is 0 Å². The van der Waals surface area contributed by atoms with Gasteiger partial charge < -0.3 is 10.2 Å². The summed E-state index contributed by atoms with van der Waals surface area (Å²) in [7, 11) is -3.97. The fourth-order valence-corrected chi connectivity index (χ4v) is 5.88. The van der Waals surface area contributed by atoms with Crippen molar-refractivity contribution in [3.63, 3.8) is 0 Å². The van der Waals surface area contributed by atoms with Crippen LogP contribution in [-0.4, -0.2) is 33.3 Å². The standard InChI is InChI=1S/C25H24ClN3O4S/c1-2-29(21-7-4-3-5-8-21)34(32,33)23-17-19(12-15-22(23)26)27-25(31)18-10-13-20(14-11-18)28-16-6-9-24(28)30/h3-5,7-8,10-15,17H,2,6,9,16H2,1H3,(H,27,31). The third-order valence-corrected chi connectivity index (χ3v) is 7.99. The average molecular weight is 498 g/mol. The number of hydrogen-bond donors (Lipinski definition) is 1. The molecule has 2 amide bonds. The maximum Gasteiger partial charge on any atom is 0.265 e. The average Bonchev–Trinajstić information content (AvgIpc) is 3.27. The normalized spacial score (nSPS) is 13.7. The minimum absolute atomic E-state index is 0.0620. The predicted octanol–water partition coefficient (Wildman–Crippen LogP) is 4.93. The van der Waals surface area contributed by atoms with Crippen LogP contribution in [0.2, 0.25) is 5.02 Å². The molecule has 0 unspecified atom stereocenters. The number of anilines is 3. The highest BCUT2D eigenvalue weighted by atomic mass is 35.5. The van der Waals surface area contributed by atoms with E-state index in [2.05, 4.69) is 5.32 Å². The first kappa shape index (κ1) is 23.8. The lowest BCUT2D eigenvalue weighted by Crippen LogP contribution is -2.31. The molecular formula is C25H24ClN3O4S. The van der Waals surface area contributed by atoms with E-state index in [9.17, 15) is 18.0 Å². The number of carbonyl (C=O) groups is 2. The Morgan fingerprint density at radius 3 is 2.38 bits per heavy atom. The number of benzene rings is 3. The van der Waals surface area contributed by atoms with Crippen LogP contribution in [0.1, 0.15) is 30.1 Å². The molecule has 0 bridgehead atoms. The smallest absolute Gasteiger partial charge is 0.265 e. The molecule has 0 aliphatic carbocycles. The molecule has 1 fully saturated rings. The van der Waals surface area contributed by atoms with Crippen LogP contribution in [0.25, 0.3) is 0 Å². The lowest BCUT2D eigenvalue weighted by Gasteiger charge is -2.23. The number of nitrogens with zero attached hydrogens (tertiary/aromatic N) is 2. The molecule has 0 spiro atoms. The van der Waals surface area contributed by atoms with Crippen LogP contribution >= 0.6 is 11.6 Å². The minimum atomic E-state index is -3.97. The lowest BCUT2D eigenvalue weighted by atomic mass is 10.1. The van der Waals surface area contributed by atoms with Crippen molar-refractivity contribution < 1.29 is 18.0 Å². The van der Waals surface area contributed by atoms with Gasteiger partial charge in [0.2, 0.25) is 5.91 Å². The van der Waals surface area contributed by atoms with E-state index in [0.29, 0.717) is 29.9 Å². The zero-order valence-electron chi connectivity index (χ0n) is 18.6. The van der Waals surface area contributed by atoms with Crippen molar-refractivity contribution in [1.29, 1.82) is 0 Å². The molecular weight excluding hydrogens is 474 g/mol. The van der Waals surface area contributed by atoms with Gasteiger partial charge in [0.1, 0.15) is 4.90 Å². The van der Waals surface area contributed by atoms with Gasteiger partial charge in [-0.25, -0.2) is 8.42 Å². The summed E-state index contributed by atoms with van der Waals surface area (Å²) < 4.78 is 28.0. The van der Waals surface area contributed by atoms with Gasteiger partial charge in [-0.15, -0.1) is 0 Å². The molecule has 0 aromatic heterocycles. The quantitative estimate of drug-likeness (QED) is 0.501. The number of carbonyl (C=O) groups excluding carboxylic acids is 2. The Morgan fingerprint density at radius 2 is 1.76 bits per heavy atom. The van der Waals surface area contributed by atoms with Crippen molar-refractivity contribution in [3.8, 4) is 0 Å². The number of para-hydroxylation sites is 1. The summed E-state index contributed by atoms with van der Waals surface area (Å²) in [5.74, 6) is -0.330. The van der Waals surface area contributed by atoms with E-state index in [0.717, 1.165) is 12.1 Å². The van der Waals surface area contributed by atoms with Crippen LogP contribution in [0.15, 0.2) is 77.7 Å². The van der Waals surface area contributed by atoms with Gasteiger partial charge in [0.15, 0.2) is 0 Å². The molecule has 4 rings (SSSR count). The van der Waals surface area contributed by atoms with E-state index in [-0.39, 0.29) is 22.4 Å². The number of halogens is 1. The summed E-state index contributed by atoms with van der Waals surface area (Å²) in [6.07, 6.45) is 1.35. The molecule has 0 saturated carbocycles. The maximum absolute atomic E-state index is 13.4. The molecule has 7 nitrogen and oxygen atoms in total. The molecule has 1 heterocycles. The second kappa shape index (κ2) is 9.87. The summed E-state index contributed by atoms with van der Waals surface area (Å²) in [6, 6.07) is 19.8. The van der Waals surface area contributed by atoms with Crippen LogP contribution in [0, 0.1) is 0 Å². The first-order valence-corrected chi connectivity index (χ1v) is 12.7. The van der Waals surface area contributed by atoms with E-state index in [1.807, 2.05) is 6.07 Å². The van der Waals surface area contributed by atoms with E-state index in [1.54, 1.807) is 66.4 Å². The number of amides is 2. The summed E-state index contributed by atoms with van der Waals surface area (Å²) in [5.41, 5.74) is 1.96. The molecule has 34 heavy (non-hydrogen) atoms. The second-order valence-electron chi connectivity index (χ2n) is 7.80. The molecule has 1 aliphatic heterocycles. The molecule has 9 heteroatoms. The maximum atomic E-state index is 13.4. The van der Waals surface area contributed by atoms with Gasteiger partial charge >= 0.3 is 0 Å². The van der Waals surface area contributed by atoms with E-state index in [1.165, 1.54) is 16.4 Å². The number of nitrogens with one attached hydrogen (secondary N) is 1. The van der Waals surface area contributed by atoms with E-state index < -0.39 is 15.9 Å². The summed E-state index contributed by atoms with van der Waals surface area (Å²) in [6.45, 7) is 2.62. The van der Waals surface area contributed by atoms with Crippen molar-refractivity contribution in [1.82, 2.24) is 0 Å². The summed E-state index contributed by atoms with van der Waals surface area (Å²) >= 11 is 6.26. The van der Waals surface area contributed by atoms with Gasteiger partial charge in [-0.1, -0.05) is 29.8 Å². The largest absolute Gasteiger partial charge is 0.322 e. The highest BCUT2D eigenvalue weighted by Gasteiger charge is 2.27.